The van der Waals surface area contributed by atoms with E-state index in [1.54, 1.807) is 17.0 Å². The standard InChI is InChI=1S/C31H33N3O3/c1-23(24-9-4-2-5-10-24)32-30(37)31(26-11-6-3-7-12-26)18-21-33(22-19-31)29(36)25-14-16-27(17-15-25)34-20-8-13-28(34)35/h2-7,9-12,14-17,23H,8,13,18-22H2,1H3,(H,32,37). The number of hydrogen-bond acceptors (Lipinski definition) is 3. The van der Waals surface area contributed by atoms with Crippen molar-refractivity contribution in [3.63, 3.8) is 0 Å². The molecule has 5 rings (SSSR count). The predicted molar refractivity (Wildman–Crippen MR) is 144 cm³/mol. The van der Waals surface area contributed by atoms with E-state index in [4.69, 9.17) is 0 Å². The number of piperidine rings is 1. The summed E-state index contributed by atoms with van der Waals surface area (Å²) >= 11 is 0. The van der Waals surface area contributed by atoms with E-state index < -0.39 is 5.41 Å². The molecule has 6 heteroatoms. The Hall–Kier alpha value is -3.93. The number of carbonyl (C=O) groups excluding carboxylic acids is 3. The first kappa shape index (κ1) is 24.8. The van der Waals surface area contributed by atoms with Crippen LogP contribution >= 0.6 is 0 Å². The fourth-order valence-corrected chi connectivity index (χ4v) is 5.54. The van der Waals surface area contributed by atoms with Crippen LogP contribution in [0.1, 0.15) is 60.1 Å². The van der Waals surface area contributed by atoms with Gasteiger partial charge in [-0.15, -0.1) is 0 Å². The number of anilines is 1. The SMILES string of the molecule is CC(NC(=O)C1(c2ccccc2)CCN(C(=O)c2ccc(N3CCCC3=O)cc2)CC1)c1ccccc1. The van der Waals surface area contributed by atoms with Crippen molar-refractivity contribution in [2.75, 3.05) is 24.5 Å². The Bertz CT molecular complexity index is 1250. The lowest BCUT2D eigenvalue weighted by atomic mass is 9.71. The summed E-state index contributed by atoms with van der Waals surface area (Å²) < 4.78 is 0. The Morgan fingerprint density at radius 3 is 2.05 bits per heavy atom. The Morgan fingerprint density at radius 2 is 1.46 bits per heavy atom. The molecule has 2 saturated heterocycles. The van der Waals surface area contributed by atoms with Gasteiger partial charge in [-0.1, -0.05) is 60.7 Å². The Balaban J connectivity index is 1.30. The smallest absolute Gasteiger partial charge is 0.253 e. The third-order valence-corrected chi connectivity index (χ3v) is 7.81. The molecule has 2 aliphatic rings. The van der Waals surface area contributed by atoms with Gasteiger partial charge in [0, 0.05) is 37.3 Å². The van der Waals surface area contributed by atoms with Crippen LogP contribution in [0.25, 0.3) is 0 Å². The molecule has 1 N–H and O–H groups in total. The van der Waals surface area contributed by atoms with Crippen LogP contribution in [0.4, 0.5) is 5.69 Å². The molecule has 3 amide bonds. The molecule has 1 unspecified atom stereocenters. The molecular formula is C31H33N3O3. The Labute approximate surface area is 218 Å². The molecule has 0 bridgehead atoms. The largest absolute Gasteiger partial charge is 0.349 e. The summed E-state index contributed by atoms with van der Waals surface area (Å²) in [5, 5.41) is 3.24. The topological polar surface area (TPSA) is 69.7 Å². The van der Waals surface area contributed by atoms with Crippen LogP contribution < -0.4 is 10.2 Å². The Kier molecular flexibility index (Phi) is 7.08. The van der Waals surface area contributed by atoms with E-state index in [1.807, 2.05) is 84.6 Å². The molecule has 3 aromatic carbocycles. The fraction of sp³-hybridized carbons (Fsp3) is 0.323. The van der Waals surface area contributed by atoms with Crippen LogP contribution in [0.5, 0.6) is 0 Å². The van der Waals surface area contributed by atoms with Gasteiger partial charge in [-0.3, -0.25) is 14.4 Å². The number of hydrogen-bond donors (Lipinski definition) is 1. The van der Waals surface area contributed by atoms with Crippen LogP contribution in [-0.2, 0) is 15.0 Å². The highest BCUT2D eigenvalue weighted by Crippen LogP contribution is 2.37. The number of carbonyl (C=O) groups is 3. The predicted octanol–water partition coefficient (Wildman–Crippen LogP) is 4.86. The van der Waals surface area contributed by atoms with Crippen LogP contribution in [0.15, 0.2) is 84.9 Å². The zero-order valence-electron chi connectivity index (χ0n) is 21.2. The number of likely N-dealkylation sites (tertiary alicyclic amines) is 1. The number of nitrogens with zero attached hydrogens (tertiary/aromatic N) is 2. The molecule has 6 nitrogen and oxygen atoms in total. The summed E-state index contributed by atoms with van der Waals surface area (Å²) in [4.78, 5) is 42.8. The van der Waals surface area contributed by atoms with E-state index in [0.29, 0.717) is 37.9 Å². The number of amides is 3. The van der Waals surface area contributed by atoms with Gasteiger partial charge in [-0.2, -0.15) is 0 Å². The summed E-state index contributed by atoms with van der Waals surface area (Å²) in [7, 11) is 0. The van der Waals surface area contributed by atoms with E-state index in [0.717, 1.165) is 29.8 Å². The van der Waals surface area contributed by atoms with E-state index >= 15 is 0 Å². The second kappa shape index (κ2) is 10.6. The third-order valence-electron chi connectivity index (χ3n) is 7.81. The second-order valence-electron chi connectivity index (χ2n) is 10.0. The van der Waals surface area contributed by atoms with Gasteiger partial charge in [0.1, 0.15) is 0 Å². The lowest BCUT2D eigenvalue weighted by Crippen LogP contribution is -2.53. The normalized spacial score (nSPS) is 17.9. The summed E-state index contributed by atoms with van der Waals surface area (Å²) in [6, 6.07) is 27.1. The molecule has 0 saturated carbocycles. The molecule has 0 aliphatic carbocycles. The summed E-state index contributed by atoms with van der Waals surface area (Å²) in [5.41, 5.74) is 2.79. The lowest BCUT2D eigenvalue weighted by molar-refractivity contribution is -0.129. The minimum atomic E-state index is -0.693. The molecule has 2 aliphatic heterocycles. The quantitative estimate of drug-likeness (QED) is 0.531. The maximum atomic E-state index is 13.8. The van der Waals surface area contributed by atoms with Crippen molar-refractivity contribution in [1.29, 1.82) is 0 Å². The van der Waals surface area contributed by atoms with Crippen LogP contribution in [0.3, 0.4) is 0 Å². The highest BCUT2D eigenvalue weighted by Gasteiger charge is 2.44. The molecule has 190 valence electrons. The molecule has 3 aromatic rings. The summed E-state index contributed by atoms with van der Waals surface area (Å²) in [6.45, 7) is 3.72. The molecular weight excluding hydrogens is 462 g/mol. The van der Waals surface area contributed by atoms with Crippen molar-refractivity contribution in [2.45, 2.75) is 44.1 Å². The first-order valence-corrected chi connectivity index (χ1v) is 13.1. The van der Waals surface area contributed by atoms with E-state index in [2.05, 4.69) is 5.32 Å². The molecule has 0 aromatic heterocycles. The van der Waals surface area contributed by atoms with Crippen molar-refractivity contribution >= 4 is 23.4 Å². The van der Waals surface area contributed by atoms with Crippen molar-refractivity contribution < 1.29 is 14.4 Å². The van der Waals surface area contributed by atoms with Crippen LogP contribution in [-0.4, -0.2) is 42.3 Å². The number of benzene rings is 3. The van der Waals surface area contributed by atoms with Gasteiger partial charge in [0.25, 0.3) is 5.91 Å². The number of nitrogens with one attached hydrogen (secondary N) is 1. The van der Waals surface area contributed by atoms with Gasteiger partial charge < -0.3 is 15.1 Å². The highest BCUT2D eigenvalue weighted by molar-refractivity contribution is 5.98. The van der Waals surface area contributed by atoms with Gasteiger partial charge in [-0.05, 0) is 61.6 Å². The van der Waals surface area contributed by atoms with Crippen LogP contribution in [0.2, 0.25) is 0 Å². The highest BCUT2D eigenvalue weighted by atomic mass is 16.2. The molecule has 2 fully saturated rings. The van der Waals surface area contributed by atoms with E-state index in [-0.39, 0.29) is 23.8 Å². The van der Waals surface area contributed by atoms with Gasteiger partial charge in [0.05, 0.1) is 11.5 Å². The molecule has 0 spiro atoms. The molecule has 2 heterocycles. The van der Waals surface area contributed by atoms with Gasteiger partial charge in [-0.25, -0.2) is 0 Å². The molecule has 37 heavy (non-hydrogen) atoms. The van der Waals surface area contributed by atoms with Crippen molar-refractivity contribution in [3.05, 3.63) is 102 Å². The average Bonchev–Trinajstić information content (AvgIpc) is 3.39. The molecule has 1 atom stereocenters. The Morgan fingerprint density at radius 1 is 0.838 bits per heavy atom. The van der Waals surface area contributed by atoms with E-state index in [1.165, 1.54) is 0 Å². The minimum Gasteiger partial charge on any atom is -0.349 e. The number of rotatable bonds is 6. The fourth-order valence-electron chi connectivity index (χ4n) is 5.54. The summed E-state index contributed by atoms with van der Waals surface area (Å²) in [6.07, 6.45) is 2.55. The van der Waals surface area contributed by atoms with Gasteiger partial charge >= 0.3 is 0 Å². The van der Waals surface area contributed by atoms with Gasteiger partial charge in [0.2, 0.25) is 11.8 Å². The monoisotopic (exact) mass is 495 g/mol. The van der Waals surface area contributed by atoms with Crippen molar-refractivity contribution in [1.82, 2.24) is 10.2 Å². The second-order valence-corrected chi connectivity index (χ2v) is 10.0. The zero-order chi connectivity index (χ0) is 25.8. The molecule has 0 radical (unpaired) electrons. The summed E-state index contributed by atoms with van der Waals surface area (Å²) in [5.74, 6) is 0.0908. The van der Waals surface area contributed by atoms with Crippen molar-refractivity contribution in [2.24, 2.45) is 0 Å². The lowest BCUT2D eigenvalue weighted by Gasteiger charge is -2.41. The minimum absolute atomic E-state index is 0.00165. The maximum absolute atomic E-state index is 13.8. The van der Waals surface area contributed by atoms with Crippen LogP contribution in [0, 0.1) is 0 Å². The van der Waals surface area contributed by atoms with E-state index in [9.17, 15) is 14.4 Å². The third kappa shape index (κ3) is 5.01. The average molecular weight is 496 g/mol. The first-order valence-electron chi connectivity index (χ1n) is 13.1. The van der Waals surface area contributed by atoms with Gasteiger partial charge in [0.15, 0.2) is 0 Å². The van der Waals surface area contributed by atoms with Crippen molar-refractivity contribution in [3.8, 4) is 0 Å². The zero-order valence-corrected chi connectivity index (χ0v) is 21.2. The maximum Gasteiger partial charge on any atom is 0.253 e. The first-order chi connectivity index (χ1) is 18.0.